The number of nitrogens with two attached hydrogens (primary N) is 5. The van der Waals surface area contributed by atoms with Gasteiger partial charge >= 0.3 is 0 Å². The van der Waals surface area contributed by atoms with E-state index in [0.29, 0.717) is 121 Å². The van der Waals surface area contributed by atoms with Crippen molar-refractivity contribution in [1.29, 1.82) is 0 Å². The number of nitrogens with one attached hydrogen (secondary N) is 5. The summed E-state index contributed by atoms with van der Waals surface area (Å²) < 4.78 is 54.7. The van der Waals surface area contributed by atoms with E-state index in [4.69, 9.17) is 71.3 Å². The number of pyridine rings is 4. The van der Waals surface area contributed by atoms with Crippen molar-refractivity contribution in [3.63, 3.8) is 0 Å². The van der Waals surface area contributed by atoms with Crippen molar-refractivity contribution in [2.45, 2.75) is 200 Å². The molecule has 13 aromatic rings. The zero-order valence-corrected chi connectivity index (χ0v) is 84.6. The number of aliphatic hydroxyl groups excluding tert-OH is 5. The van der Waals surface area contributed by atoms with E-state index >= 15 is 0 Å². The highest BCUT2D eigenvalue weighted by molar-refractivity contribution is 7.60. The number of hydrogen-bond donors (Lipinski definition) is 15. The molecular weight excluding hydrogens is 1880 g/mol. The lowest BCUT2D eigenvalue weighted by atomic mass is 10.1. The minimum Gasteiger partial charge on any atom is -0.493 e. The average Bonchev–Trinajstić information content (AvgIpc) is 1.24. The number of rotatable bonds is 49. The largest absolute Gasteiger partial charge is 0.493 e. The van der Waals surface area contributed by atoms with E-state index in [1.165, 1.54) is 6.20 Å². The fraction of sp³-hybridized carbons (Fsp3) is 0.426. The van der Waals surface area contributed by atoms with Crippen LogP contribution in [0.25, 0.3) is 22.1 Å². The summed E-state index contributed by atoms with van der Waals surface area (Å²) >= 11 is 0. The molecule has 0 fully saturated rings. The van der Waals surface area contributed by atoms with Gasteiger partial charge in [-0.3, -0.25) is 9.97 Å². The van der Waals surface area contributed by atoms with Gasteiger partial charge in [0.25, 0.3) is 0 Å². The summed E-state index contributed by atoms with van der Waals surface area (Å²) in [7, 11) is 3.10. The Hall–Kier alpha value is -12.5. The lowest BCUT2D eigenvalue weighted by Crippen LogP contribution is -2.24. The van der Waals surface area contributed by atoms with Gasteiger partial charge in [-0.2, -0.15) is 92.4 Å². The topological polar surface area (TPSA) is 564 Å². The second-order valence-electron chi connectivity index (χ2n) is 31.1. The second kappa shape index (κ2) is 63.9. The van der Waals surface area contributed by atoms with Crippen molar-refractivity contribution in [3.05, 3.63) is 187 Å². The van der Waals surface area contributed by atoms with Crippen LogP contribution in [0.2, 0.25) is 0 Å². The van der Waals surface area contributed by atoms with E-state index in [9.17, 15) is 25.5 Å². The number of hydrogen-bond acceptors (Lipinski definition) is 38. The van der Waals surface area contributed by atoms with Crippen LogP contribution in [0.4, 0.5) is 58.8 Å². The number of nitrogen functional groups attached to an aromatic ring is 5. The quantitative estimate of drug-likeness (QED) is 0.0157. The first-order valence-corrected chi connectivity index (χ1v) is 45.2. The maximum Gasteiger partial charge on any atom is 0.231 e. The third-order valence-corrected chi connectivity index (χ3v) is 20.9. The van der Waals surface area contributed by atoms with Gasteiger partial charge in [-0.15, -0.1) is 0 Å². The standard InChI is InChI=1S/C21H27N5O2.C19H26N6O2.C19H26N4O4.C18H24N6O2.C17H25N5O4.5H2S/c1-2-3-7-16(10-12-27)25-20-19(13-24-21(22)26-20)28-14-18-17-8-5-4-6-15(17)9-11-23-18;1-2-3-6-14(8-10-26)23-18-16(11-21-19(20)24-18)27-13-15-12-25-9-5-4-7-17(25)22-15;1-2-4-14(11-24)22-18-17(10-21-19(20)23-18)25-8-3-5-13-6-7-15-16(9-13)27-12-26-15;1-2-5-13(7-9-25)22-17-15(10-20-18(19)23-17)26-12-14-11-24-8-4-3-6-16(24)21-14;1-4-5-11(9-23)21-16-14(8-20-17(18)22-16)26-10-12-15(25-3)13(24-2)6-7-19-12;;;;;/h4-6,8-9,11,13,16,27H,2-3,7,10,12,14H2,1H3,(H3,22,24,25,26);4-5,7,9,11-12,14,26H,2-3,6,8,10,13H2,1H3,(H3,20,21,23,24);6-7,9-10,14,24H,2-5,8,11-12H2,1H3,(H3,20,21,22,23);3-4,6,8,10-11,13,25H,2,5,7,9,12H2,1H3,(H3,19,20,22,23);6-8,11,23H,4-5,9-10H2,1-3H3,(H3,18,20,21,22);5*1H2/t16-;2*14-;13-;11-;;;;;/m00000...../s1. The molecule has 14 rings (SSSR count). The van der Waals surface area contributed by atoms with Crippen molar-refractivity contribution in [2.24, 2.45) is 0 Å². The molecule has 139 heavy (non-hydrogen) atoms. The summed E-state index contributed by atoms with van der Waals surface area (Å²) in [6, 6.07) is 29.4. The van der Waals surface area contributed by atoms with Gasteiger partial charge in [0.1, 0.15) is 43.4 Å². The lowest BCUT2D eigenvalue weighted by molar-refractivity contribution is 0.174. The Morgan fingerprint density at radius 3 is 1.20 bits per heavy atom. The van der Waals surface area contributed by atoms with Gasteiger partial charge in [-0.25, -0.2) is 34.9 Å². The molecule has 0 saturated heterocycles. The number of imidazole rings is 2. The Labute approximate surface area is 845 Å². The summed E-state index contributed by atoms with van der Waals surface area (Å²) in [6.07, 6.45) is 34.0. The zero-order valence-electron chi connectivity index (χ0n) is 79.6. The second-order valence-corrected chi connectivity index (χ2v) is 31.1. The third-order valence-electron chi connectivity index (χ3n) is 20.9. The van der Waals surface area contributed by atoms with Crippen LogP contribution in [0.5, 0.6) is 51.7 Å². The Morgan fingerprint density at radius 1 is 0.381 bits per heavy atom. The molecule has 0 radical (unpaired) electrons. The van der Waals surface area contributed by atoms with Crippen LogP contribution in [-0.2, 0) is 32.8 Å². The van der Waals surface area contributed by atoms with Crippen LogP contribution < -0.4 is 97.9 Å². The molecule has 0 amide bonds. The first-order valence-electron chi connectivity index (χ1n) is 45.2. The third kappa shape index (κ3) is 37.7. The van der Waals surface area contributed by atoms with Gasteiger partial charge in [0.05, 0.1) is 94.2 Å². The molecule has 1 aliphatic heterocycles. The highest BCUT2D eigenvalue weighted by Gasteiger charge is 2.23. The van der Waals surface area contributed by atoms with Crippen LogP contribution in [0.1, 0.15) is 166 Å². The van der Waals surface area contributed by atoms with Gasteiger partial charge in [-0.1, -0.05) is 122 Å². The number of nitrogens with zero attached hydrogens (tertiary/aromatic N) is 16. The number of methoxy groups -OCH3 is 2. The molecule has 12 heterocycles. The molecule has 0 spiro atoms. The maximum absolute atomic E-state index is 9.49. The van der Waals surface area contributed by atoms with Gasteiger partial charge in [-0.05, 0) is 118 Å². The minimum absolute atomic E-state index is 0. The molecule has 11 aromatic heterocycles. The fourth-order valence-corrected chi connectivity index (χ4v) is 14.1. The number of unbranched alkanes of at least 4 members (excludes halogenated alkanes) is 2. The van der Waals surface area contributed by atoms with Crippen LogP contribution in [0.3, 0.4) is 0 Å². The lowest BCUT2D eigenvalue weighted by Gasteiger charge is -2.20. The van der Waals surface area contributed by atoms with Crippen molar-refractivity contribution in [2.75, 3.05) is 116 Å². The minimum atomic E-state index is -0.152. The van der Waals surface area contributed by atoms with E-state index < -0.39 is 0 Å². The van der Waals surface area contributed by atoms with E-state index in [1.807, 2.05) is 125 Å². The normalized spacial score (nSPS) is 11.9. The molecule has 0 unspecified atom stereocenters. The van der Waals surface area contributed by atoms with Crippen LogP contribution in [0.15, 0.2) is 159 Å². The van der Waals surface area contributed by atoms with Crippen LogP contribution in [-0.4, -0.2) is 195 Å². The number of aryl methyl sites for hydroxylation is 1. The summed E-state index contributed by atoms with van der Waals surface area (Å²) in [5.74, 6) is 8.48. The number of aromatic nitrogens is 16. The van der Waals surface area contributed by atoms with E-state index in [0.717, 1.165) is 146 Å². The Bertz CT molecular complexity index is 5630. The summed E-state index contributed by atoms with van der Waals surface area (Å²) in [5.41, 5.74) is 34.6. The highest BCUT2D eigenvalue weighted by atomic mass is 32.1. The molecule has 2 aromatic carbocycles. The number of benzene rings is 2. The summed E-state index contributed by atoms with van der Waals surface area (Å²) in [6.45, 7) is 12.6. The zero-order chi connectivity index (χ0) is 95.2. The van der Waals surface area contributed by atoms with Gasteiger partial charge in [0, 0.05) is 86.6 Å². The molecular formula is C94H138N26O14S5. The highest BCUT2D eigenvalue weighted by Crippen LogP contribution is 2.36. The fourth-order valence-electron chi connectivity index (χ4n) is 14.1. The molecule has 0 saturated carbocycles. The summed E-state index contributed by atoms with van der Waals surface area (Å²) in [5, 5.41) is 65.4. The van der Waals surface area contributed by atoms with Crippen molar-refractivity contribution in [3.8, 4) is 51.7 Å². The monoisotopic (exact) mass is 2010 g/mol. The molecule has 0 bridgehead atoms. The number of aliphatic hydroxyl groups is 5. The van der Waals surface area contributed by atoms with E-state index in [-0.39, 0.29) is 174 Å². The van der Waals surface area contributed by atoms with E-state index in [1.54, 1.807) is 57.5 Å². The average molecular weight is 2020 g/mol. The van der Waals surface area contributed by atoms with E-state index in [2.05, 4.69) is 124 Å². The first kappa shape index (κ1) is 117. The molecule has 5 atom stereocenters. The molecule has 1 aliphatic rings. The van der Waals surface area contributed by atoms with Crippen molar-refractivity contribution >= 4 is 148 Å². The predicted molar refractivity (Wildman–Crippen MR) is 567 cm³/mol. The Kier molecular flexibility index (Phi) is 53.8. The predicted octanol–water partition coefficient (Wildman–Crippen LogP) is 13.0. The molecule has 40 nitrogen and oxygen atoms in total. The first-order chi connectivity index (χ1) is 65.4. The molecule has 0 aliphatic carbocycles. The molecule has 758 valence electrons. The van der Waals surface area contributed by atoms with Gasteiger partial charge < -0.3 is 132 Å². The smallest absolute Gasteiger partial charge is 0.231 e. The number of fused-ring (bicyclic) bond motifs is 4. The maximum atomic E-state index is 9.49. The van der Waals surface area contributed by atoms with Crippen molar-refractivity contribution in [1.82, 2.24) is 78.6 Å². The molecule has 20 N–H and O–H groups in total. The van der Waals surface area contributed by atoms with Crippen molar-refractivity contribution < 1.29 is 68.2 Å². The number of anilines is 10. The number of ether oxygens (including phenoxy) is 9. The Balaban J connectivity index is 0.000000304. The van der Waals surface area contributed by atoms with Gasteiger partial charge in [0.2, 0.25) is 36.5 Å². The molecule has 45 heteroatoms. The van der Waals surface area contributed by atoms with Crippen LogP contribution >= 0.6 is 67.5 Å². The summed E-state index contributed by atoms with van der Waals surface area (Å²) in [4.78, 5) is 59.1. The van der Waals surface area contributed by atoms with Crippen LogP contribution in [0, 0.1) is 0 Å². The van der Waals surface area contributed by atoms with Gasteiger partial charge in [0.15, 0.2) is 80.8 Å². The SMILES string of the molecule is CCCC[C@@H](CCO)Nc1nc(N)ncc1OCc1cn2ccccc2n1.CCCC[C@@H](CCO)Nc1nc(N)ncc1OCc1nccc2ccccc12.CCC[C@@H](CCO)Nc1nc(N)ncc1OCc1cn2ccccc2n1.CCC[C@@H](CO)Nc1nc(N)ncc1OCCCc1ccc2c(c1)OCO2.CCC[C@@H](CO)Nc1nc(N)ncc1OCc1nccc(OC)c1OC.S.S.S.S.S. The Morgan fingerprint density at radius 2 is 0.777 bits per heavy atom.